The van der Waals surface area contributed by atoms with E-state index in [0.717, 1.165) is 59.4 Å². The van der Waals surface area contributed by atoms with Gasteiger partial charge < -0.3 is 19.7 Å². The zero-order valence-corrected chi connectivity index (χ0v) is 25.5. The van der Waals surface area contributed by atoms with Gasteiger partial charge in [-0.05, 0) is 48.6 Å². The number of carbonyl (C=O) groups is 2. The van der Waals surface area contributed by atoms with Gasteiger partial charge >= 0.3 is 0 Å². The molecule has 0 bridgehead atoms. The van der Waals surface area contributed by atoms with Crippen LogP contribution in [0.3, 0.4) is 0 Å². The van der Waals surface area contributed by atoms with Crippen LogP contribution in [0.2, 0.25) is 0 Å². The van der Waals surface area contributed by atoms with Gasteiger partial charge in [0.25, 0.3) is 0 Å². The van der Waals surface area contributed by atoms with E-state index >= 15 is 0 Å². The summed E-state index contributed by atoms with van der Waals surface area (Å²) < 4.78 is 38.0. The van der Waals surface area contributed by atoms with E-state index in [-0.39, 0.29) is 31.0 Å². The molecule has 0 unspecified atom stereocenters. The number of nitrogens with zero attached hydrogens (tertiary/aromatic N) is 2. The lowest BCUT2D eigenvalue weighted by molar-refractivity contribution is -0.140. The van der Waals surface area contributed by atoms with Crippen molar-refractivity contribution in [1.29, 1.82) is 0 Å². The van der Waals surface area contributed by atoms with Crippen LogP contribution in [0.1, 0.15) is 48.8 Å². The van der Waals surface area contributed by atoms with Crippen molar-refractivity contribution in [2.24, 2.45) is 0 Å². The van der Waals surface area contributed by atoms with Crippen LogP contribution in [-0.4, -0.2) is 56.8 Å². The molecule has 2 aliphatic rings. The summed E-state index contributed by atoms with van der Waals surface area (Å²) in [6.07, 6.45) is 6.42. The number of ether oxygens (including phenoxy) is 2. The topological polar surface area (TPSA) is 105 Å². The molecule has 0 saturated heterocycles. The molecule has 0 radical (unpaired) electrons. The Bertz CT molecular complexity index is 1540. The van der Waals surface area contributed by atoms with Gasteiger partial charge in [0.05, 0.1) is 11.9 Å². The second kappa shape index (κ2) is 13.5. The standard InChI is InChI=1S/C33H39N3O6S/c1-24-11-9-10-14-26(24)21-35(29(19-25-12-5-3-6-13-25)33(38)34-27-15-7-4-8-16-27)32(37)22-36(43(2,39)40)28-17-18-30-31(20-28)42-23-41-30/h3,5-6,9-14,17-18,20,27,29H,4,7-8,15-16,19,21-23H2,1-2H3,(H,34,38)/t29-/m1/s1. The number of carbonyl (C=O) groups excluding carboxylic acids is 2. The highest BCUT2D eigenvalue weighted by Crippen LogP contribution is 2.36. The summed E-state index contributed by atoms with van der Waals surface area (Å²) in [5.74, 6) is 0.203. The van der Waals surface area contributed by atoms with E-state index in [1.165, 1.54) is 0 Å². The number of amides is 2. The molecule has 1 atom stereocenters. The van der Waals surface area contributed by atoms with Crippen LogP contribution < -0.4 is 19.1 Å². The van der Waals surface area contributed by atoms with Gasteiger partial charge in [-0.25, -0.2) is 8.42 Å². The molecule has 10 heteroatoms. The average Bonchev–Trinajstić information content (AvgIpc) is 3.47. The largest absolute Gasteiger partial charge is 0.454 e. The van der Waals surface area contributed by atoms with E-state index in [1.807, 2.05) is 61.5 Å². The van der Waals surface area contributed by atoms with Crippen LogP contribution in [0.5, 0.6) is 11.5 Å². The van der Waals surface area contributed by atoms with Crippen LogP contribution in [0.15, 0.2) is 72.8 Å². The summed E-state index contributed by atoms with van der Waals surface area (Å²) in [4.78, 5) is 29.9. The maximum absolute atomic E-state index is 14.3. The molecule has 0 spiro atoms. The molecule has 1 aliphatic carbocycles. The molecule has 1 fully saturated rings. The number of hydrogen-bond acceptors (Lipinski definition) is 6. The second-order valence-electron chi connectivity index (χ2n) is 11.3. The molecule has 3 aromatic carbocycles. The van der Waals surface area contributed by atoms with Crippen LogP contribution in [0.4, 0.5) is 5.69 Å². The molecule has 43 heavy (non-hydrogen) atoms. The van der Waals surface area contributed by atoms with E-state index in [0.29, 0.717) is 17.9 Å². The van der Waals surface area contributed by atoms with E-state index in [1.54, 1.807) is 23.1 Å². The second-order valence-corrected chi connectivity index (χ2v) is 13.2. The number of nitrogens with one attached hydrogen (secondary N) is 1. The van der Waals surface area contributed by atoms with E-state index < -0.39 is 28.5 Å². The monoisotopic (exact) mass is 605 g/mol. The normalized spacial score (nSPS) is 15.5. The number of benzene rings is 3. The maximum atomic E-state index is 14.3. The molecule has 1 saturated carbocycles. The SMILES string of the molecule is Cc1ccccc1CN(C(=O)CN(c1ccc2c(c1)OCO2)S(C)(=O)=O)[C@H](Cc1ccccc1)C(=O)NC1CCCCC1. The summed E-state index contributed by atoms with van der Waals surface area (Å²) in [6, 6.07) is 21.3. The third kappa shape index (κ3) is 7.67. The van der Waals surface area contributed by atoms with E-state index in [2.05, 4.69) is 5.32 Å². The van der Waals surface area contributed by atoms with Crippen LogP contribution in [0.25, 0.3) is 0 Å². The fourth-order valence-electron chi connectivity index (χ4n) is 5.72. The average molecular weight is 606 g/mol. The third-order valence-corrected chi connectivity index (χ3v) is 9.29. The molecule has 2 amide bonds. The van der Waals surface area contributed by atoms with Crippen molar-refractivity contribution >= 4 is 27.5 Å². The molecule has 1 N–H and O–H groups in total. The molecule has 228 valence electrons. The van der Waals surface area contributed by atoms with Crippen LogP contribution >= 0.6 is 0 Å². The fraction of sp³-hybridized carbons (Fsp3) is 0.394. The Morgan fingerprint density at radius 2 is 1.63 bits per heavy atom. The number of hydrogen-bond donors (Lipinski definition) is 1. The van der Waals surface area contributed by atoms with Crippen molar-refractivity contribution < 1.29 is 27.5 Å². The Morgan fingerprint density at radius 1 is 0.930 bits per heavy atom. The number of aryl methyl sites for hydroxylation is 1. The van der Waals surface area contributed by atoms with Crippen LogP contribution in [0, 0.1) is 6.92 Å². The van der Waals surface area contributed by atoms with Crippen molar-refractivity contribution in [3.63, 3.8) is 0 Å². The number of sulfonamides is 1. The van der Waals surface area contributed by atoms with Gasteiger partial charge in [0.1, 0.15) is 12.6 Å². The minimum atomic E-state index is -3.88. The molecular formula is C33H39N3O6S. The Morgan fingerprint density at radius 3 is 2.35 bits per heavy atom. The first-order chi connectivity index (χ1) is 20.7. The summed E-state index contributed by atoms with van der Waals surface area (Å²) >= 11 is 0. The Kier molecular flexibility index (Phi) is 9.55. The molecular weight excluding hydrogens is 566 g/mol. The van der Waals surface area contributed by atoms with Gasteiger partial charge in [0.2, 0.25) is 28.6 Å². The first-order valence-electron chi connectivity index (χ1n) is 14.7. The fourth-order valence-corrected chi connectivity index (χ4v) is 6.56. The number of fused-ring (bicyclic) bond motifs is 1. The summed E-state index contributed by atoms with van der Waals surface area (Å²) in [5.41, 5.74) is 3.04. The first-order valence-corrected chi connectivity index (χ1v) is 16.6. The molecule has 9 nitrogen and oxygen atoms in total. The van der Waals surface area contributed by atoms with Gasteiger partial charge in [-0.1, -0.05) is 73.9 Å². The zero-order valence-electron chi connectivity index (χ0n) is 24.7. The lowest BCUT2D eigenvalue weighted by Gasteiger charge is -2.35. The van der Waals surface area contributed by atoms with E-state index in [4.69, 9.17) is 9.47 Å². The number of anilines is 1. The molecule has 1 heterocycles. The summed E-state index contributed by atoms with van der Waals surface area (Å²) in [5, 5.41) is 3.22. The van der Waals surface area contributed by atoms with Crippen LogP contribution in [-0.2, 0) is 32.6 Å². The number of rotatable bonds is 11. The highest BCUT2D eigenvalue weighted by Gasteiger charge is 2.34. The van der Waals surface area contributed by atoms with Crippen molar-refractivity contribution in [3.8, 4) is 11.5 Å². The highest BCUT2D eigenvalue weighted by atomic mass is 32.2. The van der Waals surface area contributed by atoms with Crippen molar-refractivity contribution in [1.82, 2.24) is 10.2 Å². The lowest BCUT2D eigenvalue weighted by atomic mass is 9.94. The smallest absolute Gasteiger partial charge is 0.244 e. The van der Waals surface area contributed by atoms with Crippen molar-refractivity contribution in [3.05, 3.63) is 89.5 Å². The van der Waals surface area contributed by atoms with E-state index in [9.17, 15) is 18.0 Å². The minimum absolute atomic E-state index is 0.0398. The summed E-state index contributed by atoms with van der Waals surface area (Å²) in [6.45, 7) is 1.67. The quantitative estimate of drug-likeness (QED) is 0.343. The molecule has 3 aromatic rings. The van der Waals surface area contributed by atoms with Gasteiger partial charge in [0, 0.05) is 25.1 Å². The predicted octanol–water partition coefficient (Wildman–Crippen LogP) is 4.58. The maximum Gasteiger partial charge on any atom is 0.244 e. The van der Waals surface area contributed by atoms with Crippen molar-refractivity contribution in [2.75, 3.05) is 23.9 Å². The molecule has 1 aliphatic heterocycles. The van der Waals surface area contributed by atoms with Crippen molar-refractivity contribution in [2.45, 2.75) is 64.1 Å². The first kappa shape index (κ1) is 30.4. The van der Waals surface area contributed by atoms with Gasteiger partial charge in [0.15, 0.2) is 11.5 Å². The minimum Gasteiger partial charge on any atom is -0.454 e. The Balaban J connectivity index is 1.51. The molecule has 5 rings (SSSR count). The molecule has 0 aromatic heterocycles. The van der Waals surface area contributed by atoms with Gasteiger partial charge in [-0.3, -0.25) is 13.9 Å². The zero-order chi connectivity index (χ0) is 30.4. The Hall–Kier alpha value is -4.05. The highest BCUT2D eigenvalue weighted by molar-refractivity contribution is 7.92. The Labute approximate surface area is 253 Å². The van der Waals surface area contributed by atoms with Gasteiger partial charge in [-0.2, -0.15) is 0 Å². The lowest BCUT2D eigenvalue weighted by Crippen LogP contribution is -2.55. The summed E-state index contributed by atoms with van der Waals surface area (Å²) in [7, 11) is -3.88. The third-order valence-electron chi connectivity index (χ3n) is 8.15. The van der Waals surface area contributed by atoms with Gasteiger partial charge in [-0.15, -0.1) is 0 Å². The predicted molar refractivity (Wildman–Crippen MR) is 165 cm³/mol.